The van der Waals surface area contributed by atoms with Crippen molar-refractivity contribution in [3.05, 3.63) is 41.7 Å². The van der Waals surface area contributed by atoms with Gasteiger partial charge in [0.25, 0.3) is 5.91 Å². The second kappa shape index (κ2) is 11.0. The van der Waals surface area contributed by atoms with Gasteiger partial charge >= 0.3 is 6.09 Å². The fraction of sp³-hybridized carbons (Fsp3) is 0.560. The molecular formula is C25H35N5O4. The van der Waals surface area contributed by atoms with Gasteiger partial charge < -0.3 is 29.6 Å². The van der Waals surface area contributed by atoms with Crippen LogP contribution >= 0.6 is 0 Å². The van der Waals surface area contributed by atoms with E-state index in [4.69, 9.17) is 9.72 Å². The van der Waals surface area contributed by atoms with Crippen molar-refractivity contribution in [1.29, 1.82) is 0 Å². The third kappa shape index (κ3) is 5.77. The quantitative estimate of drug-likeness (QED) is 0.548. The first-order valence-corrected chi connectivity index (χ1v) is 12.1. The van der Waals surface area contributed by atoms with Crippen molar-refractivity contribution in [2.45, 2.75) is 57.8 Å². The SMILES string of the molecule is COC(=O)NCCCn1cc([C@@H](C)N(C(=O)[C@H]2CNCCO2)C2CC2)nc1-c1ccc(C)cc1. The third-order valence-corrected chi connectivity index (χ3v) is 6.38. The summed E-state index contributed by atoms with van der Waals surface area (Å²) < 4.78 is 12.5. The second-order valence-corrected chi connectivity index (χ2v) is 9.04. The summed E-state index contributed by atoms with van der Waals surface area (Å²) in [7, 11) is 1.36. The number of alkyl carbamates (subject to hydrolysis) is 1. The molecule has 2 heterocycles. The van der Waals surface area contributed by atoms with Crippen molar-refractivity contribution in [3.63, 3.8) is 0 Å². The smallest absolute Gasteiger partial charge is 0.406 e. The average molecular weight is 470 g/mol. The van der Waals surface area contributed by atoms with Crippen LogP contribution in [0.15, 0.2) is 30.5 Å². The van der Waals surface area contributed by atoms with Crippen LogP contribution in [0.5, 0.6) is 0 Å². The number of hydrogen-bond donors (Lipinski definition) is 2. The van der Waals surface area contributed by atoms with Crippen LogP contribution in [0.4, 0.5) is 4.79 Å². The number of methoxy groups -OCH3 is 1. The summed E-state index contributed by atoms with van der Waals surface area (Å²) in [6, 6.07) is 8.36. The van der Waals surface area contributed by atoms with E-state index in [-0.39, 0.29) is 18.0 Å². The lowest BCUT2D eigenvalue weighted by Crippen LogP contribution is -2.50. The molecule has 2 fully saturated rings. The van der Waals surface area contributed by atoms with Crippen LogP contribution in [0.25, 0.3) is 11.4 Å². The second-order valence-electron chi connectivity index (χ2n) is 9.04. The first-order valence-electron chi connectivity index (χ1n) is 12.1. The number of morpholine rings is 1. The number of ether oxygens (including phenoxy) is 2. The Morgan fingerprint density at radius 3 is 2.74 bits per heavy atom. The van der Waals surface area contributed by atoms with E-state index in [2.05, 4.69) is 58.1 Å². The molecule has 0 spiro atoms. The number of amides is 2. The number of nitrogens with zero attached hydrogens (tertiary/aromatic N) is 3. The van der Waals surface area contributed by atoms with Crippen molar-refractivity contribution in [2.75, 3.05) is 33.4 Å². The van der Waals surface area contributed by atoms with Crippen molar-refractivity contribution in [3.8, 4) is 11.4 Å². The first-order chi connectivity index (χ1) is 16.5. The van der Waals surface area contributed by atoms with E-state index in [9.17, 15) is 9.59 Å². The normalized spacial score (nSPS) is 18.9. The van der Waals surface area contributed by atoms with Gasteiger partial charge in [0.15, 0.2) is 0 Å². The third-order valence-electron chi connectivity index (χ3n) is 6.38. The Morgan fingerprint density at radius 1 is 1.32 bits per heavy atom. The molecule has 1 aliphatic carbocycles. The van der Waals surface area contributed by atoms with E-state index >= 15 is 0 Å². The zero-order valence-corrected chi connectivity index (χ0v) is 20.3. The summed E-state index contributed by atoms with van der Waals surface area (Å²) in [5, 5.41) is 5.98. The van der Waals surface area contributed by atoms with Crippen molar-refractivity contribution < 1.29 is 19.1 Å². The van der Waals surface area contributed by atoms with Gasteiger partial charge in [0.2, 0.25) is 0 Å². The van der Waals surface area contributed by atoms with Crippen molar-refractivity contribution in [2.24, 2.45) is 0 Å². The van der Waals surface area contributed by atoms with Crippen LogP contribution in [0, 0.1) is 6.92 Å². The first kappa shape index (κ1) is 24.2. The van der Waals surface area contributed by atoms with Crippen LogP contribution in [-0.2, 0) is 20.8 Å². The fourth-order valence-electron chi connectivity index (χ4n) is 4.33. The number of carbonyl (C=O) groups is 2. The van der Waals surface area contributed by atoms with Gasteiger partial charge in [0.05, 0.1) is 25.5 Å². The topological polar surface area (TPSA) is 97.7 Å². The van der Waals surface area contributed by atoms with Crippen molar-refractivity contribution in [1.82, 2.24) is 25.1 Å². The molecule has 9 nitrogen and oxygen atoms in total. The monoisotopic (exact) mass is 469 g/mol. The van der Waals surface area contributed by atoms with Crippen LogP contribution < -0.4 is 10.6 Å². The molecule has 2 aromatic rings. The molecule has 9 heteroatoms. The van der Waals surface area contributed by atoms with Gasteiger partial charge in [-0.1, -0.05) is 29.8 Å². The van der Waals surface area contributed by atoms with Gasteiger partial charge in [0, 0.05) is 44.0 Å². The molecule has 34 heavy (non-hydrogen) atoms. The van der Waals surface area contributed by atoms with Gasteiger partial charge in [0.1, 0.15) is 11.9 Å². The summed E-state index contributed by atoms with van der Waals surface area (Å²) >= 11 is 0. The number of aromatic nitrogens is 2. The summed E-state index contributed by atoms with van der Waals surface area (Å²) in [6.45, 7) is 7.17. The van der Waals surface area contributed by atoms with Gasteiger partial charge in [-0.15, -0.1) is 0 Å². The Hall–Kier alpha value is -2.91. The van der Waals surface area contributed by atoms with Crippen LogP contribution in [0.2, 0.25) is 0 Å². The highest BCUT2D eigenvalue weighted by atomic mass is 16.5. The minimum absolute atomic E-state index is 0.0379. The molecule has 1 saturated carbocycles. The van der Waals surface area contributed by atoms with E-state index in [1.165, 1.54) is 12.7 Å². The maximum absolute atomic E-state index is 13.4. The van der Waals surface area contributed by atoms with E-state index in [1.54, 1.807) is 0 Å². The lowest BCUT2D eigenvalue weighted by Gasteiger charge is -2.33. The molecular weight excluding hydrogens is 434 g/mol. The molecule has 2 aliphatic rings. The molecule has 2 amide bonds. The number of imidazole rings is 1. The molecule has 1 saturated heterocycles. The predicted molar refractivity (Wildman–Crippen MR) is 128 cm³/mol. The van der Waals surface area contributed by atoms with Crippen LogP contribution in [0.1, 0.15) is 43.5 Å². The Morgan fingerprint density at radius 2 is 2.09 bits per heavy atom. The summed E-state index contributed by atoms with van der Waals surface area (Å²) in [5.41, 5.74) is 3.07. The number of nitrogens with one attached hydrogen (secondary N) is 2. The molecule has 1 aromatic heterocycles. The van der Waals surface area contributed by atoms with E-state index < -0.39 is 12.2 Å². The predicted octanol–water partition coefficient (Wildman–Crippen LogP) is 2.65. The lowest BCUT2D eigenvalue weighted by atomic mass is 10.1. The van der Waals surface area contributed by atoms with E-state index in [0.29, 0.717) is 26.2 Å². The average Bonchev–Trinajstić information content (AvgIpc) is 3.60. The highest BCUT2D eigenvalue weighted by molar-refractivity contribution is 5.82. The van der Waals surface area contributed by atoms with Crippen LogP contribution in [0.3, 0.4) is 0 Å². The van der Waals surface area contributed by atoms with Gasteiger partial charge in [-0.3, -0.25) is 4.79 Å². The van der Waals surface area contributed by atoms with Crippen molar-refractivity contribution >= 4 is 12.0 Å². The lowest BCUT2D eigenvalue weighted by molar-refractivity contribution is -0.148. The molecule has 184 valence electrons. The minimum Gasteiger partial charge on any atom is -0.453 e. The highest BCUT2D eigenvalue weighted by Gasteiger charge is 2.40. The Bertz CT molecular complexity index is 980. The largest absolute Gasteiger partial charge is 0.453 e. The Kier molecular flexibility index (Phi) is 7.84. The maximum Gasteiger partial charge on any atom is 0.406 e. The molecule has 1 aliphatic heterocycles. The molecule has 0 bridgehead atoms. The molecule has 0 radical (unpaired) electrons. The van der Waals surface area contributed by atoms with Crippen LogP contribution in [-0.4, -0.2) is 71.9 Å². The minimum atomic E-state index is -0.445. The highest BCUT2D eigenvalue weighted by Crippen LogP contribution is 2.36. The van der Waals surface area contributed by atoms with Gasteiger partial charge in [-0.05, 0) is 33.1 Å². The molecule has 0 unspecified atom stereocenters. The van der Waals surface area contributed by atoms with E-state index in [1.807, 2.05) is 11.1 Å². The van der Waals surface area contributed by atoms with Gasteiger partial charge in [-0.25, -0.2) is 9.78 Å². The zero-order chi connectivity index (χ0) is 24.1. The number of hydrogen-bond acceptors (Lipinski definition) is 6. The molecule has 2 N–H and O–H groups in total. The van der Waals surface area contributed by atoms with Gasteiger partial charge in [-0.2, -0.15) is 0 Å². The number of aryl methyl sites for hydroxylation is 2. The molecule has 1 aromatic carbocycles. The summed E-state index contributed by atoms with van der Waals surface area (Å²) in [5.74, 6) is 0.898. The summed E-state index contributed by atoms with van der Waals surface area (Å²) in [4.78, 5) is 31.7. The number of benzene rings is 1. The number of carbonyl (C=O) groups excluding carboxylic acids is 2. The Labute approximate surface area is 200 Å². The molecule has 2 atom stereocenters. The fourth-order valence-corrected chi connectivity index (χ4v) is 4.33. The summed E-state index contributed by atoms with van der Waals surface area (Å²) in [6.07, 6.45) is 3.92. The van der Waals surface area contributed by atoms with E-state index in [0.717, 1.165) is 42.9 Å². The number of rotatable bonds is 9. The maximum atomic E-state index is 13.4. The molecule has 4 rings (SSSR count). The zero-order valence-electron chi connectivity index (χ0n) is 20.3. The Balaban J connectivity index is 1.56. The standard InChI is InChI=1S/C25H35N5O4/c1-17-5-7-19(8-6-17)23-28-21(16-29(23)13-4-11-27-25(32)33-3)18(2)30(20-9-10-20)24(31)22-15-26-12-14-34-22/h5-8,16,18,20,22,26H,4,9-15H2,1-3H3,(H,27,32)/t18-,22-/m1/s1.